The van der Waals surface area contributed by atoms with Gasteiger partial charge in [0, 0.05) is 19.3 Å². The Morgan fingerprint density at radius 1 is 0.244 bits per heavy atom. The van der Waals surface area contributed by atoms with Gasteiger partial charge >= 0.3 is 17.9 Å². The Bertz CT molecular complexity index is 1410. The first-order chi connectivity index (χ1) is 40.5. The molecule has 0 radical (unpaired) electrons. The molecule has 0 aromatic heterocycles. The van der Waals surface area contributed by atoms with Crippen molar-refractivity contribution in [3.8, 4) is 0 Å². The maximum atomic E-state index is 12.9. The molecule has 0 aliphatic heterocycles. The molecule has 0 aromatic rings. The molecular weight excluding hydrogens is 1010 g/mol. The van der Waals surface area contributed by atoms with Crippen LogP contribution < -0.4 is 0 Å². The van der Waals surface area contributed by atoms with Crippen molar-refractivity contribution in [2.75, 3.05) is 13.2 Å². The fourth-order valence-corrected chi connectivity index (χ4v) is 11.0. The predicted molar refractivity (Wildman–Crippen MR) is 358 cm³/mol. The van der Waals surface area contributed by atoms with E-state index in [0.717, 1.165) is 83.5 Å². The summed E-state index contributed by atoms with van der Waals surface area (Å²) < 4.78 is 17.0. The first-order valence-corrected chi connectivity index (χ1v) is 36.6. The number of carbonyl (C=O) groups excluding carboxylic acids is 3. The van der Waals surface area contributed by atoms with E-state index in [4.69, 9.17) is 14.2 Å². The lowest BCUT2D eigenvalue weighted by molar-refractivity contribution is -0.167. The van der Waals surface area contributed by atoms with E-state index in [2.05, 4.69) is 69.4 Å². The van der Waals surface area contributed by atoms with Crippen LogP contribution in [0, 0.1) is 0 Å². The van der Waals surface area contributed by atoms with Gasteiger partial charge in [-0.15, -0.1) is 0 Å². The quantitative estimate of drug-likeness (QED) is 0.0261. The predicted octanol–water partition coefficient (Wildman–Crippen LogP) is 25.3. The molecule has 0 saturated heterocycles. The van der Waals surface area contributed by atoms with Crippen LogP contribution in [0.25, 0.3) is 0 Å². The smallest absolute Gasteiger partial charge is 0.306 e. The average molecular weight is 1150 g/mol. The Hall–Kier alpha value is -2.63. The second-order valence-corrected chi connectivity index (χ2v) is 24.9. The summed E-state index contributed by atoms with van der Waals surface area (Å²) in [5, 5.41) is 0. The highest BCUT2D eigenvalue weighted by atomic mass is 16.6. The van der Waals surface area contributed by atoms with Crippen molar-refractivity contribution >= 4 is 17.9 Å². The van der Waals surface area contributed by atoms with Crippen LogP contribution in [0.5, 0.6) is 0 Å². The molecule has 480 valence electrons. The SMILES string of the molecule is CCC/C=C\CCCCCCCC(=O)OCC(COC(=O)CCCCCCCCCCCCCC/C=C\C/C=C\C/C=C\CCCCCCC)OC(=O)CCCCCCCCCCCCCCCCCCCCCCCCCCCCC. The van der Waals surface area contributed by atoms with Crippen LogP contribution in [0.4, 0.5) is 0 Å². The topological polar surface area (TPSA) is 78.9 Å². The minimum absolute atomic E-state index is 0.0726. The number of esters is 3. The molecule has 0 aliphatic carbocycles. The number of unbranched alkanes of at least 4 members (excludes halogenated alkanes) is 49. The maximum absolute atomic E-state index is 12.9. The molecule has 0 N–H and O–H groups in total. The number of allylic oxidation sites excluding steroid dienone is 8. The number of rotatable bonds is 68. The molecule has 0 bridgehead atoms. The van der Waals surface area contributed by atoms with Crippen molar-refractivity contribution in [3.63, 3.8) is 0 Å². The third-order valence-corrected chi connectivity index (χ3v) is 16.5. The summed E-state index contributed by atoms with van der Waals surface area (Å²) in [5.41, 5.74) is 0. The molecule has 1 unspecified atom stereocenters. The number of carbonyl (C=O) groups is 3. The van der Waals surface area contributed by atoms with E-state index in [1.54, 1.807) is 0 Å². The van der Waals surface area contributed by atoms with Crippen LogP contribution >= 0.6 is 0 Å². The summed E-state index contributed by atoms with van der Waals surface area (Å²) in [4.78, 5) is 38.4. The number of hydrogen-bond donors (Lipinski definition) is 0. The molecule has 1 atom stereocenters. The standard InChI is InChI=1S/C76H140O6/c1-4-7-10-13-16-19-22-24-26-28-30-32-34-36-38-40-42-44-46-48-50-52-54-57-60-63-66-69-75(78)81-72-73(71-80-74(77)68-65-62-59-56-21-18-15-12-9-6-3)82-76(79)70-67-64-61-58-55-53-51-49-47-45-43-41-39-37-35-33-31-29-27-25-23-20-17-14-11-8-5-2/h12,15,22,24,28,30,34,36,73H,4-11,13-14,16-21,23,25-27,29,31-33,35,37-72H2,1-3H3/b15-12-,24-22-,30-28-,36-34-. The number of hydrogen-bond acceptors (Lipinski definition) is 6. The van der Waals surface area contributed by atoms with E-state index in [9.17, 15) is 14.4 Å². The van der Waals surface area contributed by atoms with Gasteiger partial charge in [-0.05, 0) is 77.0 Å². The number of ether oxygens (including phenoxy) is 3. The Labute approximate surface area is 511 Å². The van der Waals surface area contributed by atoms with Crippen LogP contribution in [0.15, 0.2) is 48.6 Å². The Kier molecular flexibility index (Phi) is 68.6. The average Bonchev–Trinajstić information content (AvgIpc) is 3.47. The lowest BCUT2D eigenvalue weighted by Crippen LogP contribution is -2.30. The monoisotopic (exact) mass is 1150 g/mol. The van der Waals surface area contributed by atoms with Gasteiger partial charge in [0.25, 0.3) is 0 Å². The Morgan fingerprint density at radius 3 is 0.744 bits per heavy atom. The van der Waals surface area contributed by atoms with E-state index in [1.165, 1.54) is 276 Å². The third-order valence-electron chi connectivity index (χ3n) is 16.5. The van der Waals surface area contributed by atoms with Gasteiger partial charge in [0.15, 0.2) is 6.10 Å². The highest BCUT2D eigenvalue weighted by Gasteiger charge is 2.19. The molecule has 0 heterocycles. The van der Waals surface area contributed by atoms with Gasteiger partial charge in [0.2, 0.25) is 0 Å². The van der Waals surface area contributed by atoms with Crippen molar-refractivity contribution in [1.29, 1.82) is 0 Å². The molecule has 0 rings (SSSR count). The highest BCUT2D eigenvalue weighted by molar-refractivity contribution is 5.71. The molecule has 0 aliphatic rings. The van der Waals surface area contributed by atoms with Crippen molar-refractivity contribution in [2.45, 2.75) is 406 Å². The Morgan fingerprint density at radius 2 is 0.463 bits per heavy atom. The zero-order chi connectivity index (χ0) is 59.2. The van der Waals surface area contributed by atoms with Crippen molar-refractivity contribution in [2.24, 2.45) is 0 Å². The summed E-state index contributed by atoms with van der Waals surface area (Å²) in [6, 6.07) is 0. The molecule has 0 spiro atoms. The fourth-order valence-electron chi connectivity index (χ4n) is 11.0. The third kappa shape index (κ3) is 68.2. The van der Waals surface area contributed by atoms with E-state index in [0.29, 0.717) is 19.3 Å². The summed E-state index contributed by atoms with van der Waals surface area (Å²) >= 11 is 0. The van der Waals surface area contributed by atoms with Crippen LogP contribution in [0.2, 0.25) is 0 Å². The van der Waals surface area contributed by atoms with Gasteiger partial charge in [0.05, 0.1) is 0 Å². The molecule has 6 nitrogen and oxygen atoms in total. The molecular formula is C76H140O6. The fraction of sp³-hybridized carbons (Fsp3) is 0.855. The molecule has 0 amide bonds. The van der Waals surface area contributed by atoms with Gasteiger partial charge in [-0.2, -0.15) is 0 Å². The zero-order valence-electron chi connectivity index (χ0n) is 55.3. The minimum Gasteiger partial charge on any atom is -0.462 e. The molecule has 0 saturated carbocycles. The van der Waals surface area contributed by atoms with Crippen LogP contribution in [-0.4, -0.2) is 37.2 Å². The highest BCUT2D eigenvalue weighted by Crippen LogP contribution is 2.19. The summed E-state index contributed by atoms with van der Waals surface area (Å²) in [5.74, 6) is -0.860. The lowest BCUT2D eigenvalue weighted by atomic mass is 10.0. The van der Waals surface area contributed by atoms with Crippen LogP contribution in [0.3, 0.4) is 0 Å². The van der Waals surface area contributed by atoms with Crippen molar-refractivity contribution < 1.29 is 28.6 Å². The second-order valence-electron chi connectivity index (χ2n) is 24.9. The molecule has 0 aromatic carbocycles. The van der Waals surface area contributed by atoms with Crippen molar-refractivity contribution in [1.82, 2.24) is 0 Å². The summed E-state index contributed by atoms with van der Waals surface area (Å²) in [7, 11) is 0. The van der Waals surface area contributed by atoms with E-state index >= 15 is 0 Å². The molecule has 6 heteroatoms. The minimum atomic E-state index is -0.776. The molecule has 82 heavy (non-hydrogen) atoms. The Balaban J connectivity index is 4.13. The van der Waals surface area contributed by atoms with Crippen LogP contribution in [-0.2, 0) is 28.6 Å². The van der Waals surface area contributed by atoms with Gasteiger partial charge in [-0.25, -0.2) is 0 Å². The maximum Gasteiger partial charge on any atom is 0.306 e. The van der Waals surface area contributed by atoms with Crippen LogP contribution in [0.1, 0.15) is 400 Å². The normalized spacial score (nSPS) is 12.3. The second kappa shape index (κ2) is 70.9. The summed E-state index contributed by atoms with van der Waals surface area (Å²) in [6.45, 7) is 6.63. The van der Waals surface area contributed by atoms with E-state index < -0.39 is 6.10 Å². The van der Waals surface area contributed by atoms with E-state index in [1.807, 2.05) is 0 Å². The van der Waals surface area contributed by atoms with E-state index in [-0.39, 0.29) is 31.1 Å². The van der Waals surface area contributed by atoms with Gasteiger partial charge in [0.1, 0.15) is 13.2 Å². The van der Waals surface area contributed by atoms with Gasteiger partial charge in [-0.3, -0.25) is 14.4 Å². The van der Waals surface area contributed by atoms with Gasteiger partial charge < -0.3 is 14.2 Å². The summed E-state index contributed by atoms with van der Waals surface area (Å²) in [6.07, 6.45) is 90.2. The molecule has 0 fully saturated rings. The van der Waals surface area contributed by atoms with Gasteiger partial charge in [-0.1, -0.05) is 352 Å². The first kappa shape index (κ1) is 79.4. The zero-order valence-corrected chi connectivity index (χ0v) is 55.3. The largest absolute Gasteiger partial charge is 0.462 e. The first-order valence-electron chi connectivity index (χ1n) is 36.6. The lowest BCUT2D eigenvalue weighted by Gasteiger charge is -2.18. The van der Waals surface area contributed by atoms with Crippen molar-refractivity contribution in [3.05, 3.63) is 48.6 Å².